The number of hydrogen-bond acceptors (Lipinski definition) is 5. The van der Waals surface area contributed by atoms with E-state index in [-0.39, 0.29) is 17.3 Å². The van der Waals surface area contributed by atoms with Crippen LogP contribution in [0.15, 0.2) is 121 Å². The second-order valence-corrected chi connectivity index (χ2v) is 9.00. The van der Waals surface area contributed by atoms with Crippen molar-refractivity contribution in [3.8, 4) is 0 Å². The maximum Gasteiger partial charge on any atom is 0.196 e. The van der Waals surface area contributed by atoms with Gasteiger partial charge in [-0.25, -0.2) is 0 Å². The number of nitrogens with one attached hydrogen (secondary N) is 2. The number of rotatable bonds is 6. The molecule has 0 saturated heterocycles. The van der Waals surface area contributed by atoms with Crippen molar-refractivity contribution in [1.82, 2.24) is 0 Å². The van der Waals surface area contributed by atoms with E-state index in [1.165, 1.54) is 0 Å². The lowest BCUT2D eigenvalue weighted by Gasteiger charge is -2.24. The minimum absolute atomic E-state index is 0.0664. The Morgan fingerprint density at radius 1 is 0.447 bits per heavy atom. The molecule has 0 atom stereocenters. The molecule has 0 fully saturated rings. The molecule has 0 aliphatic heterocycles. The van der Waals surface area contributed by atoms with Crippen LogP contribution in [-0.4, -0.2) is 17.3 Å². The Bertz CT molecular complexity index is 1690. The van der Waals surface area contributed by atoms with Gasteiger partial charge in [0.25, 0.3) is 0 Å². The summed E-state index contributed by atoms with van der Waals surface area (Å²) in [6.07, 6.45) is 0. The summed E-state index contributed by atoms with van der Waals surface area (Å²) >= 11 is 0. The van der Waals surface area contributed by atoms with Gasteiger partial charge in [0.05, 0.1) is 22.5 Å². The number of hydrogen-bond donors (Lipinski definition) is 2. The third-order valence-corrected chi connectivity index (χ3v) is 6.59. The largest absolute Gasteiger partial charge is 0.355 e. The molecule has 1 aliphatic carbocycles. The maximum absolute atomic E-state index is 13.7. The Hall–Kier alpha value is -5.29. The summed E-state index contributed by atoms with van der Waals surface area (Å²) in [6, 6.07) is 36.2. The van der Waals surface area contributed by atoms with Crippen molar-refractivity contribution in [3.63, 3.8) is 0 Å². The molecule has 5 aromatic rings. The first-order valence-electron chi connectivity index (χ1n) is 12.2. The van der Waals surface area contributed by atoms with Crippen molar-refractivity contribution in [2.45, 2.75) is 0 Å². The van der Waals surface area contributed by atoms with E-state index in [1.54, 1.807) is 72.8 Å². The fourth-order valence-corrected chi connectivity index (χ4v) is 4.72. The molecule has 5 nitrogen and oxygen atoms in total. The lowest BCUT2D eigenvalue weighted by atomic mass is 9.82. The van der Waals surface area contributed by atoms with Crippen LogP contribution in [0.2, 0.25) is 0 Å². The monoisotopic (exact) mass is 494 g/mol. The number of anilines is 4. The highest BCUT2D eigenvalue weighted by Crippen LogP contribution is 2.38. The van der Waals surface area contributed by atoms with Gasteiger partial charge < -0.3 is 10.6 Å². The van der Waals surface area contributed by atoms with E-state index >= 15 is 0 Å². The van der Waals surface area contributed by atoms with Crippen molar-refractivity contribution >= 4 is 40.1 Å². The van der Waals surface area contributed by atoms with Gasteiger partial charge in [-0.3, -0.25) is 14.4 Å². The fraction of sp³-hybridized carbons (Fsp3) is 0. The van der Waals surface area contributed by atoms with Crippen LogP contribution in [0, 0.1) is 0 Å². The highest BCUT2D eigenvalue weighted by Gasteiger charge is 2.34. The lowest BCUT2D eigenvalue weighted by Crippen LogP contribution is -2.23. The molecule has 0 aromatic heterocycles. The van der Waals surface area contributed by atoms with Crippen molar-refractivity contribution in [2.24, 2.45) is 0 Å². The van der Waals surface area contributed by atoms with E-state index in [1.807, 2.05) is 48.5 Å². The van der Waals surface area contributed by atoms with Crippen molar-refractivity contribution < 1.29 is 14.4 Å². The predicted molar refractivity (Wildman–Crippen MR) is 149 cm³/mol. The summed E-state index contributed by atoms with van der Waals surface area (Å²) in [4.78, 5) is 40.2. The van der Waals surface area contributed by atoms with E-state index in [4.69, 9.17) is 0 Å². The summed E-state index contributed by atoms with van der Waals surface area (Å²) in [6.45, 7) is 0. The molecular weight excluding hydrogens is 472 g/mol. The van der Waals surface area contributed by atoms with E-state index in [2.05, 4.69) is 10.6 Å². The molecule has 182 valence electrons. The Morgan fingerprint density at radius 3 is 1.39 bits per heavy atom. The molecule has 6 rings (SSSR count). The zero-order valence-corrected chi connectivity index (χ0v) is 20.3. The Kier molecular flexibility index (Phi) is 5.86. The van der Waals surface area contributed by atoms with Crippen LogP contribution in [0.25, 0.3) is 0 Å². The van der Waals surface area contributed by atoms with Gasteiger partial charge in [-0.2, -0.15) is 0 Å². The highest BCUT2D eigenvalue weighted by molar-refractivity contribution is 6.32. The molecule has 0 bridgehead atoms. The molecule has 0 unspecified atom stereocenters. The molecule has 5 aromatic carbocycles. The number of carbonyl (C=O) groups excluding carboxylic acids is 3. The van der Waals surface area contributed by atoms with Crippen LogP contribution in [0.3, 0.4) is 0 Å². The summed E-state index contributed by atoms with van der Waals surface area (Å²) in [7, 11) is 0. The lowest BCUT2D eigenvalue weighted by molar-refractivity contribution is 0.0980. The maximum atomic E-state index is 13.7. The third kappa shape index (κ3) is 4.16. The molecular formula is C33H22N2O3. The van der Waals surface area contributed by atoms with E-state index in [9.17, 15) is 14.4 Å². The first kappa shape index (κ1) is 23.1. The first-order valence-corrected chi connectivity index (χ1v) is 12.2. The average Bonchev–Trinajstić information content (AvgIpc) is 2.97. The molecule has 5 heteroatoms. The van der Waals surface area contributed by atoms with Crippen LogP contribution in [-0.2, 0) is 0 Å². The molecule has 2 N–H and O–H groups in total. The number of ketones is 3. The molecule has 0 amide bonds. The summed E-state index contributed by atoms with van der Waals surface area (Å²) in [5.41, 5.74) is 5.20. The molecule has 0 saturated carbocycles. The van der Waals surface area contributed by atoms with Gasteiger partial charge in [-0.05, 0) is 48.5 Å². The highest BCUT2D eigenvalue weighted by atomic mass is 16.1. The van der Waals surface area contributed by atoms with Gasteiger partial charge in [0.1, 0.15) is 0 Å². The number of benzene rings is 5. The van der Waals surface area contributed by atoms with Crippen molar-refractivity contribution in [1.29, 1.82) is 0 Å². The summed E-state index contributed by atoms with van der Waals surface area (Å²) in [5, 5.41) is 6.60. The average molecular weight is 495 g/mol. The van der Waals surface area contributed by atoms with Crippen LogP contribution in [0.1, 0.15) is 47.8 Å². The second-order valence-electron chi connectivity index (χ2n) is 9.00. The van der Waals surface area contributed by atoms with Crippen LogP contribution >= 0.6 is 0 Å². The van der Waals surface area contributed by atoms with E-state index < -0.39 is 0 Å². The van der Waals surface area contributed by atoms with Gasteiger partial charge in [-0.1, -0.05) is 72.8 Å². The van der Waals surface area contributed by atoms with Gasteiger partial charge in [0.2, 0.25) is 0 Å². The smallest absolute Gasteiger partial charge is 0.196 e. The van der Waals surface area contributed by atoms with Gasteiger partial charge in [0.15, 0.2) is 17.3 Å². The van der Waals surface area contributed by atoms with Gasteiger partial charge in [-0.15, -0.1) is 0 Å². The third-order valence-electron chi connectivity index (χ3n) is 6.59. The van der Waals surface area contributed by atoms with Crippen LogP contribution < -0.4 is 10.6 Å². The fourth-order valence-electron chi connectivity index (χ4n) is 4.72. The van der Waals surface area contributed by atoms with Crippen molar-refractivity contribution in [2.75, 3.05) is 10.6 Å². The standard InChI is InChI=1S/C33H22N2O3/c36-31(21-9-3-1-4-10-21)22-15-17-24(18-16-22)35-28-20-19-27(34-23-11-5-2-6-12-23)29-30(28)33(38)26-14-8-7-13-25(26)32(29)37/h1-20,34-35H. The SMILES string of the molecule is O=C(c1ccccc1)c1ccc(Nc2ccc(Nc3ccccc3)c3c2C(=O)c2ccccc2C3=O)cc1. The zero-order chi connectivity index (χ0) is 26.1. The Labute approximate surface area is 219 Å². The molecule has 1 aliphatic rings. The number of para-hydroxylation sites is 1. The Morgan fingerprint density at radius 2 is 0.868 bits per heavy atom. The minimum Gasteiger partial charge on any atom is -0.355 e. The van der Waals surface area contributed by atoms with Crippen LogP contribution in [0.4, 0.5) is 22.7 Å². The predicted octanol–water partition coefficient (Wildman–Crippen LogP) is 7.18. The van der Waals surface area contributed by atoms with E-state index in [0.29, 0.717) is 50.4 Å². The molecule has 0 heterocycles. The van der Waals surface area contributed by atoms with Crippen molar-refractivity contribution in [3.05, 3.63) is 155 Å². The minimum atomic E-state index is -0.217. The normalized spacial score (nSPS) is 11.9. The van der Waals surface area contributed by atoms with Crippen LogP contribution in [0.5, 0.6) is 0 Å². The summed E-state index contributed by atoms with van der Waals surface area (Å²) in [5.74, 6) is -0.491. The number of carbonyl (C=O) groups is 3. The molecule has 0 spiro atoms. The van der Waals surface area contributed by atoms with Gasteiger partial charge in [0, 0.05) is 33.6 Å². The summed E-state index contributed by atoms with van der Waals surface area (Å²) < 4.78 is 0. The Balaban J connectivity index is 1.38. The molecule has 38 heavy (non-hydrogen) atoms. The van der Waals surface area contributed by atoms with E-state index in [0.717, 1.165) is 5.69 Å². The number of fused-ring (bicyclic) bond motifs is 2. The first-order chi connectivity index (χ1) is 18.6. The second kappa shape index (κ2) is 9.64. The van der Waals surface area contributed by atoms with Gasteiger partial charge >= 0.3 is 0 Å². The quantitative estimate of drug-likeness (QED) is 0.240. The molecule has 0 radical (unpaired) electrons. The zero-order valence-electron chi connectivity index (χ0n) is 20.3. The topological polar surface area (TPSA) is 75.3 Å².